The highest BCUT2D eigenvalue weighted by Gasteiger charge is 2.10. The predicted molar refractivity (Wildman–Crippen MR) is 86.4 cm³/mol. The zero-order valence-corrected chi connectivity index (χ0v) is 12.9. The summed E-state index contributed by atoms with van der Waals surface area (Å²) < 4.78 is 6.10. The van der Waals surface area contributed by atoms with Crippen LogP contribution in [-0.4, -0.2) is 24.1 Å². The molecule has 0 heterocycles. The minimum Gasteiger partial charge on any atom is -0.624 e. The maximum absolute atomic E-state index is 12.1. The van der Waals surface area contributed by atoms with E-state index in [-0.39, 0.29) is 6.04 Å². The van der Waals surface area contributed by atoms with Gasteiger partial charge in [-0.05, 0) is 48.9 Å². The van der Waals surface area contributed by atoms with E-state index in [1.54, 1.807) is 25.5 Å². The molecule has 0 saturated carbocycles. The Morgan fingerprint density at radius 3 is 2.33 bits per heavy atom. The number of hydrogen-bond donors (Lipinski definition) is 0. The zero-order valence-electron chi connectivity index (χ0n) is 12.1. The second kappa shape index (κ2) is 7.14. The summed E-state index contributed by atoms with van der Waals surface area (Å²) in [6.07, 6.45) is 2.27. The molecule has 0 amide bonds. The van der Waals surface area contributed by atoms with Crippen molar-refractivity contribution in [1.29, 1.82) is 0 Å². The van der Waals surface area contributed by atoms with E-state index < -0.39 is 0 Å². The van der Waals surface area contributed by atoms with E-state index in [9.17, 15) is 5.21 Å². The zero-order chi connectivity index (χ0) is 15.2. The van der Waals surface area contributed by atoms with E-state index in [0.717, 1.165) is 21.6 Å². The van der Waals surface area contributed by atoms with Gasteiger partial charge in [-0.1, -0.05) is 23.7 Å². The second-order valence-corrected chi connectivity index (χ2v) is 5.38. The number of nitrogens with zero attached hydrogens (tertiary/aromatic N) is 1. The number of halogens is 1. The molecule has 0 aromatic heterocycles. The van der Waals surface area contributed by atoms with Gasteiger partial charge >= 0.3 is 0 Å². The average molecular weight is 304 g/mol. The Morgan fingerprint density at radius 2 is 1.76 bits per heavy atom. The van der Waals surface area contributed by atoms with Crippen LogP contribution in [0.2, 0.25) is 5.02 Å². The minimum absolute atomic E-state index is 0.144. The van der Waals surface area contributed by atoms with Gasteiger partial charge in [-0.25, -0.2) is 4.74 Å². The van der Waals surface area contributed by atoms with E-state index >= 15 is 0 Å². The van der Waals surface area contributed by atoms with Gasteiger partial charge < -0.3 is 9.94 Å². The van der Waals surface area contributed by atoms with Crippen LogP contribution in [0, 0.1) is 5.21 Å². The summed E-state index contributed by atoms with van der Waals surface area (Å²) >= 11 is 5.83. The molecule has 0 saturated heterocycles. The fourth-order valence-electron chi connectivity index (χ4n) is 2.02. The Bertz CT molecular complexity index is 606. The molecule has 2 aromatic carbocycles. The SMILES string of the molecule is COc1ccc(CC(C)/[N+]([O-])=C/c2ccc(Cl)cc2)cc1. The normalized spacial score (nSPS) is 13.0. The molecule has 2 rings (SSSR count). The average Bonchev–Trinajstić information content (AvgIpc) is 2.50. The van der Waals surface area contributed by atoms with Crippen LogP contribution in [0.15, 0.2) is 48.5 Å². The smallest absolute Gasteiger partial charge is 0.182 e. The molecule has 0 aliphatic heterocycles. The lowest BCUT2D eigenvalue weighted by atomic mass is 10.1. The van der Waals surface area contributed by atoms with Crippen LogP contribution in [0.3, 0.4) is 0 Å². The van der Waals surface area contributed by atoms with E-state index in [0.29, 0.717) is 11.4 Å². The van der Waals surface area contributed by atoms with Gasteiger partial charge in [-0.3, -0.25) is 0 Å². The summed E-state index contributed by atoms with van der Waals surface area (Å²) in [4.78, 5) is 0. The highest BCUT2D eigenvalue weighted by Crippen LogP contribution is 2.13. The van der Waals surface area contributed by atoms with Crippen molar-refractivity contribution in [2.75, 3.05) is 7.11 Å². The van der Waals surface area contributed by atoms with Crippen LogP contribution in [0.5, 0.6) is 5.75 Å². The first kappa shape index (κ1) is 15.4. The van der Waals surface area contributed by atoms with E-state index in [2.05, 4.69) is 0 Å². The number of methoxy groups -OCH3 is 1. The van der Waals surface area contributed by atoms with Crippen molar-refractivity contribution in [3.05, 3.63) is 69.9 Å². The van der Waals surface area contributed by atoms with Crippen LogP contribution in [-0.2, 0) is 6.42 Å². The van der Waals surface area contributed by atoms with Crippen molar-refractivity contribution in [2.24, 2.45) is 0 Å². The summed E-state index contributed by atoms with van der Waals surface area (Å²) in [5.41, 5.74) is 1.95. The first-order chi connectivity index (χ1) is 10.1. The highest BCUT2D eigenvalue weighted by atomic mass is 35.5. The molecule has 0 radical (unpaired) electrons. The summed E-state index contributed by atoms with van der Waals surface area (Å²) in [5, 5.41) is 12.8. The molecular weight excluding hydrogens is 286 g/mol. The Labute approximate surface area is 130 Å². The highest BCUT2D eigenvalue weighted by molar-refractivity contribution is 6.30. The number of hydroxylamine groups is 1. The van der Waals surface area contributed by atoms with Crippen molar-refractivity contribution >= 4 is 17.8 Å². The van der Waals surface area contributed by atoms with Crippen molar-refractivity contribution in [2.45, 2.75) is 19.4 Å². The third-order valence-electron chi connectivity index (χ3n) is 3.27. The fraction of sp³-hybridized carbons (Fsp3) is 0.235. The first-order valence-corrected chi connectivity index (χ1v) is 7.15. The molecule has 0 bridgehead atoms. The van der Waals surface area contributed by atoms with E-state index in [4.69, 9.17) is 16.3 Å². The fourth-order valence-corrected chi connectivity index (χ4v) is 2.14. The van der Waals surface area contributed by atoms with Crippen LogP contribution in [0.4, 0.5) is 0 Å². The summed E-state index contributed by atoms with van der Waals surface area (Å²) in [5.74, 6) is 0.818. The summed E-state index contributed by atoms with van der Waals surface area (Å²) in [6, 6.07) is 14.8. The standard InChI is InChI=1S/C17H18ClNO2/c1-13(11-14-5-9-17(21-2)10-6-14)19(20)12-15-3-7-16(18)8-4-15/h3-10,12-13H,11H2,1-2H3/b19-12-. The molecule has 0 spiro atoms. The second-order valence-electron chi connectivity index (χ2n) is 4.94. The van der Waals surface area contributed by atoms with Crippen LogP contribution < -0.4 is 4.74 Å². The molecule has 1 unspecified atom stereocenters. The molecule has 2 aromatic rings. The van der Waals surface area contributed by atoms with Crippen LogP contribution in [0.1, 0.15) is 18.1 Å². The molecular formula is C17H18ClNO2. The lowest BCUT2D eigenvalue weighted by Crippen LogP contribution is -2.21. The van der Waals surface area contributed by atoms with Gasteiger partial charge in [0.1, 0.15) is 5.75 Å². The maximum atomic E-state index is 12.1. The lowest BCUT2D eigenvalue weighted by molar-refractivity contribution is -0.491. The largest absolute Gasteiger partial charge is 0.624 e. The van der Waals surface area contributed by atoms with Crippen molar-refractivity contribution in [3.63, 3.8) is 0 Å². The first-order valence-electron chi connectivity index (χ1n) is 6.77. The summed E-state index contributed by atoms with van der Waals surface area (Å²) in [7, 11) is 1.64. The molecule has 0 fully saturated rings. The predicted octanol–water partition coefficient (Wildman–Crippen LogP) is 3.91. The van der Waals surface area contributed by atoms with Gasteiger partial charge in [-0.15, -0.1) is 0 Å². The topological polar surface area (TPSA) is 35.3 Å². The Hall–Kier alpha value is -2.00. The van der Waals surface area contributed by atoms with Crippen LogP contribution in [0.25, 0.3) is 0 Å². The number of benzene rings is 2. The van der Waals surface area contributed by atoms with Crippen LogP contribution >= 0.6 is 11.6 Å². The molecule has 0 aliphatic carbocycles. The molecule has 4 heteroatoms. The Morgan fingerprint density at radius 1 is 1.14 bits per heavy atom. The molecule has 0 N–H and O–H groups in total. The van der Waals surface area contributed by atoms with Gasteiger partial charge in [0.25, 0.3) is 0 Å². The monoisotopic (exact) mass is 303 g/mol. The van der Waals surface area contributed by atoms with Crippen molar-refractivity contribution < 1.29 is 9.48 Å². The van der Waals surface area contributed by atoms with Gasteiger partial charge in [0, 0.05) is 17.0 Å². The van der Waals surface area contributed by atoms with Gasteiger partial charge in [0.15, 0.2) is 12.3 Å². The Balaban J connectivity index is 2.04. The molecule has 3 nitrogen and oxygen atoms in total. The minimum atomic E-state index is -0.144. The number of rotatable bonds is 5. The van der Waals surface area contributed by atoms with E-state index in [1.807, 2.05) is 43.3 Å². The van der Waals surface area contributed by atoms with Gasteiger partial charge in [-0.2, -0.15) is 0 Å². The van der Waals surface area contributed by atoms with Gasteiger partial charge in [0.05, 0.1) is 7.11 Å². The number of hydrogen-bond acceptors (Lipinski definition) is 2. The van der Waals surface area contributed by atoms with E-state index in [1.165, 1.54) is 0 Å². The molecule has 110 valence electrons. The lowest BCUT2D eigenvalue weighted by Gasteiger charge is -2.13. The van der Waals surface area contributed by atoms with Crippen molar-refractivity contribution in [3.8, 4) is 5.75 Å². The molecule has 1 atom stereocenters. The Kier molecular flexibility index (Phi) is 5.23. The number of ether oxygens (including phenoxy) is 1. The molecule has 21 heavy (non-hydrogen) atoms. The third kappa shape index (κ3) is 4.50. The molecule has 0 aliphatic rings. The van der Waals surface area contributed by atoms with Gasteiger partial charge in [0.2, 0.25) is 0 Å². The van der Waals surface area contributed by atoms with Crippen molar-refractivity contribution in [1.82, 2.24) is 0 Å². The quantitative estimate of drug-likeness (QED) is 0.363. The third-order valence-corrected chi connectivity index (χ3v) is 3.52. The summed E-state index contributed by atoms with van der Waals surface area (Å²) in [6.45, 7) is 1.91. The maximum Gasteiger partial charge on any atom is 0.182 e.